The van der Waals surface area contributed by atoms with Crippen LogP contribution in [0.2, 0.25) is 0 Å². The van der Waals surface area contributed by atoms with E-state index in [9.17, 15) is 0 Å². The van der Waals surface area contributed by atoms with Gasteiger partial charge in [-0.3, -0.25) is 0 Å². The van der Waals surface area contributed by atoms with E-state index in [0.29, 0.717) is 5.56 Å². The number of aliphatic hydroxyl groups excluding tert-OH is 1. The van der Waals surface area contributed by atoms with Gasteiger partial charge >= 0.3 is 0 Å². The number of nitrogens with two attached hydrogens (primary N) is 1. The molecule has 0 radical (unpaired) electrons. The first kappa shape index (κ1) is 13.3. The molecule has 0 saturated carbocycles. The van der Waals surface area contributed by atoms with Crippen LogP contribution in [-0.4, -0.2) is 28.0 Å². The zero-order valence-electron chi connectivity index (χ0n) is 8.72. The van der Waals surface area contributed by atoms with Crippen molar-refractivity contribution in [1.29, 1.82) is 0 Å². The Balaban J connectivity index is 3.08. The van der Waals surface area contributed by atoms with Gasteiger partial charge in [-0.1, -0.05) is 28.0 Å². The van der Waals surface area contributed by atoms with Gasteiger partial charge in [0.05, 0.1) is 6.61 Å². The number of nitrogens with zero attached hydrogens (tertiary/aromatic N) is 1. The molecule has 0 heterocycles. The molecule has 1 rings (SSSR count). The first-order valence-electron chi connectivity index (χ1n) is 4.63. The van der Waals surface area contributed by atoms with E-state index in [2.05, 4.69) is 21.1 Å². The van der Waals surface area contributed by atoms with Crippen molar-refractivity contribution in [2.75, 3.05) is 6.61 Å². The number of rotatable bonds is 4. The largest absolute Gasteiger partial charge is 0.409 e. The molecule has 0 aliphatic heterocycles. The number of oxime groups is 1. The summed E-state index contributed by atoms with van der Waals surface area (Å²) in [6.45, 7) is 1.99. The summed E-state index contributed by atoms with van der Waals surface area (Å²) in [5.41, 5.74) is 6.24. The second kappa shape index (κ2) is 6.12. The fraction of sp³-hybridized carbons (Fsp3) is 0.300. The molecule has 6 heteroatoms. The zero-order valence-corrected chi connectivity index (χ0v) is 11.1. The Morgan fingerprint density at radius 3 is 2.88 bits per heavy atom. The van der Waals surface area contributed by atoms with Gasteiger partial charge in [0.25, 0.3) is 0 Å². The molecule has 1 atom stereocenters. The van der Waals surface area contributed by atoms with E-state index in [1.165, 1.54) is 11.8 Å². The van der Waals surface area contributed by atoms with Gasteiger partial charge in [0, 0.05) is 20.2 Å². The summed E-state index contributed by atoms with van der Waals surface area (Å²) >= 11 is 4.81. The molecule has 88 valence electrons. The molecule has 0 saturated heterocycles. The maximum atomic E-state index is 9.00. The highest BCUT2D eigenvalue weighted by Crippen LogP contribution is 2.28. The van der Waals surface area contributed by atoms with Crippen LogP contribution in [0.4, 0.5) is 0 Å². The second-order valence-electron chi connectivity index (χ2n) is 3.24. The number of hydrogen-bond acceptors (Lipinski definition) is 4. The van der Waals surface area contributed by atoms with E-state index in [-0.39, 0.29) is 17.7 Å². The lowest BCUT2D eigenvalue weighted by atomic mass is 10.2. The number of aliphatic hydroxyl groups is 1. The predicted octanol–water partition coefficient (Wildman–Crippen LogP) is 2.02. The smallest absolute Gasteiger partial charge is 0.171 e. The summed E-state index contributed by atoms with van der Waals surface area (Å²) < 4.78 is 0.857. The van der Waals surface area contributed by atoms with Gasteiger partial charge in [-0.25, -0.2) is 0 Å². The minimum Gasteiger partial charge on any atom is -0.409 e. The summed E-state index contributed by atoms with van der Waals surface area (Å²) in [4.78, 5) is 0.875. The minimum atomic E-state index is 0.0615. The summed E-state index contributed by atoms with van der Waals surface area (Å²) in [5.74, 6) is 0.0638. The van der Waals surface area contributed by atoms with Gasteiger partial charge in [-0.2, -0.15) is 0 Å². The quantitative estimate of drug-likeness (QED) is 0.261. The van der Waals surface area contributed by atoms with Crippen LogP contribution < -0.4 is 5.73 Å². The van der Waals surface area contributed by atoms with Gasteiger partial charge in [-0.05, 0) is 18.2 Å². The van der Waals surface area contributed by atoms with E-state index in [4.69, 9.17) is 16.0 Å². The molecule has 0 bridgehead atoms. The summed E-state index contributed by atoms with van der Waals surface area (Å²) in [7, 11) is 0. The van der Waals surface area contributed by atoms with Gasteiger partial charge in [0.2, 0.25) is 0 Å². The average Bonchev–Trinajstić information content (AvgIpc) is 2.30. The molecule has 1 unspecified atom stereocenters. The monoisotopic (exact) mass is 304 g/mol. The van der Waals surface area contributed by atoms with Crippen molar-refractivity contribution >= 4 is 33.5 Å². The van der Waals surface area contributed by atoms with Crippen molar-refractivity contribution in [2.24, 2.45) is 10.9 Å². The van der Waals surface area contributed by atoms with Crippen LogP contribution in [0.25, 0.3) is 0 Å². The molecular weight excluding hydrogens is 292 g/mol. The van der Waals surface area contributed by atoms with Crippen LogP contribution in [0.3, 0.4) is 0 Å². The van der Waals surface area contributed by atoms with Crippen molar-refractivity contribution < 1.29 is 10.3 Å². The van der Waals surface area contributed by atoms with Crippen LogP contribution >= 0.6 is 27.7 Å². The Labute approximate surface area is 107 Å². The van der Waals surface area contributed by atoms with E-state index < -0.39 is 0 Å². The lowest BCUT2D eigenvalue weighted by Gasteiger charge is -2.12. The van der Waals surface area contributed by atoms with E-state index in [1.807, 2.05) is 19.1 Å². The highest BCUT2D eigenvalue weighted by atomic mass is 79.9. The van der Waals surface area contributed by atoms with Crippen molar-refractivity contribution in [3.8, 4) is 0 Å². The van der Waals surface area contributed by atoms with Crippen molar-refractivity contribution in [1.82, 2.24) is 0 Å². The average molecular weight is 305 g/mol. The van der Waals surface area contributed by atoms with E-state index >= 15 is 0 Å². The molecule has 1 aromatic carbocycles. The molecule has 16 heavy (non-hydrogen) atoms. The second-order valence-corrected chi connectivity index (χ2v) is 5.63. The first-order valence-corrected chi connectivity index (χ1v) is 6.30. The van der Waals surface area contributed by atoms with Crippen molar-refractivity contribution in [2.45, 2.75) is 17.1 Å². The zero-order chi connectivity index (χ0) is 12.1. The molecule has 4 N–H and O–H groups in total. The van der Waals surface area contributed by atoms with Gasteiger partial charge in [-0.15, -0.1) is 11.8 Å². The molecule has 0 fully saturated rings. The van der Waals surface area contributed by atoms with E-state index in [0.717, 1.165) is 9.37 Å². The number of amidine groups is 1. The third-order valence-corrected chi connectivity index (χ3v) is 3.57. The van der Waals surface area contributed by atoms with Crippen molar-refractivity contribution in [3.05, 3.63) is 28.2 Å². The number of hydrogen-bond donors (Lipinski definition) is 3. The Hall–Kier alpha value is -0.720. The third kappa shape index (κ3) is 3.40. The highest BCUT2D eigenvalue weighted by molar-refractivity contribution is 9.10. The van der Waals surface area contributed by atoms with Crippen molar-refractivity contribution in [3.63, 3.8) is 0 Å². The van der Waals surface area contributed by atoms with Crippen LogP contribution in [-0.2, 0) is 0 Å². The minimum absolute atomic E-state index is 0.0615. The third-order valence-electron chi connectivity index (χ3n) is 1.91. The molecule has 4 nitrogen and oxygen atoms in total. The maximum absolute atomic E-state index is 9.00. The first-order chi connectivity index (χ1) is 7.58. The van der Waals surface area contributed by atoms with Crippen LogP contribution in [0.1, 0.15) is 12.5 Å². The SMILES string of the molecule is CC(CO)Sc1ccc(Br)cc1/C(N)=N/O. The van der Waals surface area contributed by atoms with Crippen LogP contribution in [0.15, 0.2) is 32.7 Å². The topological polar surface area (TPSA) is 78.8 Å². The fourth-order valence-corrected chi connectivity index (χ4v) is 2.42. The fourth-order valence-electron chi connectivity index (χ4n) is 1.11. The van der Waals surface area contributed by atoms with Crippen LogP contribution in [0, 0.1) is 0 Å². The summed E-state index contributed by atoms with van der Waals surface area (Å²) in [6, 6.07) is 5.52. The number of halogens is 1. The Kier molecular flexibility index (Phi) is 5.11. The molecule has 0 aliphatic carbocycles. The number of thioether (sulfide) groups is 1. The Morgan fingerprint density at radius 2 is 2.31 bits per heavy atom. The molecule has 0 aliphatic rings. The summed E-state index contributed by atoms with van der Waals surface area (Å²) in [5, 5.41) is 20.7. The maximum Gasteiger partial charge on any atom is 0.171 e. The molecule has 1 aromatic rings. The molecule has 0 amide bonds. The van der Waals surface area contributed by atoms with Gasteiger partial charge < -0.3 is 16.0 Å². The Morgan fingerprint density at radius 1 is 1.62 bits per heavy atom. The normalized spacial score (nSPS) is 13.8. The number of benzene rings is 1. The van der Waals surface area contributed by atoms with E-state index in [1.54, 1.807) is 6.07 Å². The molecular formula is C10H13BrN2O2S. The molecule has 0 spiro atoms. The van der Waals surface area contributed by atoms with Gasteiger partial charge in [0.15, 0.2) is 5.84 Å². The molecule has 0 aromatic heterocycles. The Bertz CT molecular complexity index is 398. The van der Waals surface area contributed by atoms with Gasteiger partial charge in [0.1, 0.15) is 0 Å². The lowest BCUT2D eigenvalue weighted by molar-refractivity contribution is 0.300. The summed E-state index contributed by atoms with van der Waals surface area (Å²) in [6.07, 6.45) is 0. The predicted molar refractivity (Wildman–Crippen MR) is 69.1 cm³/mol. The standard InChI is InChI=1S/C10H13BrN2O2S/c1-6(5-14)16-9-3-2-7(11)4-8(9)10(12)13-15/h2-4,6,14-15H,5H2,1H3,(H2,12,13). The lowest BCUT2D eigenvalue weighted by Crippen LogP contribution is -2.15. The highest BCUT2D eigenvalue weighted by Gasteiger charge is 2.11. The van der Waals surface area contributed by atoms with Crippen LogP contribution in [0.5, 0.6) is 0 Å².